The number of nitrogens with zero attached hydrogens (tertiary/aromatic N) is 1. The maximum absolute atomic E-state index is 14.1. The molecule has 62 heavy (non-hydrogen) atoms. The third-order valence-corrected chi connectivity index (χ3v) is 9.57. The summed E-state index contributed by atoms with van der Waals surface area (Å²) in [4.78, 5) is 73.8. The minimum absolute atomic E-state index is 0.151. The van der Waals surface area contributed by atoms with E-state index < -0.39 is 47.2 Å². The summed E-state index contributed by atoms with van der Waals surface area (Å²) in [6.07, 6.45) is 1.16. The SMILES string of the molecule is CC(C)(C)OC(=O)NCC/N=C(\CCNC(=O)OC(C)(C)C)NCCNC(=O)[C@H](Cc1c[nH]c2ccccc12)NC(=O)c1cc(Br)ccc1NC(=O)c1ccc2ccccc2c1. The number of halogens is 1. The number of hydrogen-bond donors (Lipinski definition) is 7. The van der Waals surface area contributed by atoms with Crippen molar-refractivity contribution in [2.45, 2.75) is 71.6 Å². The number of carbonyl (C=O) groups is 5. The van der Waals surface area contributed by atoms with Crippen LogP contribution in [-0.2, 0) is 20.7 Å². The first-order chi connectivity index (χ1) is 29.4. The maximum Gasteiger partial charge on any atom is 0.407 e. The number of aliphatic imine (C=N–C) groups is 1. The molecule has 1 heterocycles. The molecule has 0 aliphatic carbocycles. The van der Waals surface area contributed by atoms with Gasteiger partial charge in [0.1, 0.15) is 17.2 Å². The predicted octanol–water partition coefficient (Wildman–Crippen LogP) is 7.22. The number of aromatic amines is 1. The van der Waals surface area contributed by atoms with E-state index in [1.807, 2.05) is 60.8 Å². The summed E-state index contributed by atoms with van der Waals surface area (Å²) in [7, 11) is 0. The van der Waals surface area contributed by atoms with Gasteiger partial charge in [0.05, 0.1) is 23.6 Å². The lowest BCUT2D eigenvalue weighted by molar-refractivity contribution is -0.122. The molecule has 5 aromatic rings. The smallest absolute Gasteiger partial charge is 0.407 e. The molecule has 15 nitrogen and oxygen atoms in total. The van der Waals surface area contributed by atoms with Gasteiger partial charge in [0.2, 0.25) is 5.91 Å². The number of nitrogens with one attached hydrogen (secondary N) is 7. The number of rotatable bonds is 16. The summed E-state index contributed by atoms with van der Waals surface area (Å²) in [5.41, 5.74) is 1.26. The summed E-state index contributed by atoms with van der Waals surface area (Å²) < 4.78 is 11.2. The second kappa shape index (κ2) is 21.4. The van der Waals surface area contributed by atoms with E-state index in [1.165, 1.54) is 0 Å². The number of alkyl carbamates (subject to hydrolysis) is 2. The highest BCUT2D eigenvalue weighted by Crippen LogP contribution is 2.24. The van der Waals surface area contributed by atoms with Gasteiger partial charge in [-0.05, 0) is 94.3 Å². The van der Waals surface area contributed by atoms with Gasteiger partial charge in [-0.1, -0.05) is 64.5 Å². The fraction of sp³-hybridized carbons (Fsp3) is 0.348. The van der Waals surface area contributed by atoms with Crippen molar-refractivity contribution < 1.29 is 33.4 Å². The molecule has 5 rings (SSSR count). The number of para-hydroxylation sites is 1. The van der Waals surface area contributed by atoms with Gasteiger partial charge >= 0.3 is 12.2 Å². The van der Waals surface area contributed by atoms with Crippen molar-refractivity contribution >= 4 is 79.0 Å². The van der Waals surface area contributed by atoms with Crippen molar-refractivity contribution in [3.63, 3.8) is 0 Å². The molecule has 0 saturated carbocycles. The molecule has 328 valence electrons. The number of hydrogen-bond acceptors (Lipinski definition) is 8. The lowest BCUT2D eigenvalue weighted by Crippen LogP contribution is -2.49. The van der Waals surface area contributed by atoms with Gasteiger partial charge in [-0.2, -0.15) is 0 Å². The Morgan fingerprint density at radius 3 is 2.10 bits per heavy atom. The topological polar surface area (TPSA) is 204 Å². The molecule has 1 aromatic heterocycles. The molecule has 0 aliphatic rings. The van der Waals surface area contributed by atoms with E-state index in [1.54, 1.807) is 71.9 Å². The molecule has 0 fully saturated rings. The third-order valence-electron chi connectivity index (χ3n) is 9.07. The van der Waals surface area contributed by atoms with Gasteiger partial charge in [0, 0.05) is 66.2 Å². The zero-order chi connectivity index (χ0) is 44.9. The summed E-state index contributed by atoms with van der Waals surface area (Å²) in [6, 6.07) is 24.7. The molecule has 16 heteroatoms. The van der Waals surface area contributed by atoms with Crippen LogP contribution in [0.5, 0.6) is 0 Å². The van der Waals surface area contributed by atoms with Crippen molar-refractivity contribution in [1.29, 1.82) is 0 Å². The highest BCUT2D eigenvalue weighted by atomic mass is 79.9. The van der Waals surface area contributed by atoms with Gasteiger partial charge in [-0.15, -0.1) is 0 Å². The van der Waals surface area contributed by atoms with E-state index in [4.69, 9.17) is 9.47 Å². The van der Waals surface area contributed by atoms with E-state index in [-0.39, 0.29) is 50.4 Å². The Labute approximate surface area is 369 Å². The van der Waals surface area contributed by atoms with Crippen LogP contribution in [0.15, 0.2) is 101 Å². The third kappa shape index (κ3) is 14.6. The van der Waals surface area contributed by atoms with Crippen molar-refractivity contribution in [2.24, 2.45) is 4.99 Å². The van der Waals surface area contributed by atoms with Gasteiger partial charge in [-0.3, -0.25) is 19.4 Å². The zero-order valence-corrected chi connectivity index (χ0v) is 37.5. The first-order valence-corrected chi connectivity index (χ1v) is 21.2. The van der Waals surface area contributed by atoms with Crippen molar-refractivity contribution in [3.8, 4) is 0 Å². The maximum atomic E-state index is 14.1. The molecule has 0 spiro atoms. The van der Waals surface area contributed by atoms with Gasteiger partial charge in [-0.25, -0.2) is 9.59 Å². The van der Waals surface area contributed by atoms with Crippen LogP contribution in [0.3, 0.4) is 0 Å². The standard InChI is InChI=1S/C46H55BrN8O7/c1-45(2,3)61-43(59)51-20-19-39(49-22-24-52-44(60)62-46(4,5)6)48-21-23-50-42(58)38(26-32-28-53-36-14-10-9-13-34(32)36)55-41(57)35-27-33(47)17-18-37(35)54-40(56)31-16-15-29-11-7-8-12-30(29)25-31/h7-18,25,27-28,38,53H,19-24,26H2,1-6H3,(H,48,49)(H,50,58)(H,51,59)(H,52,60)(H,54,56)(H,55,57)/t38-/m0/s1. The molecule has 0 unspecified atom stereocenters. The number of ether oxygens (including phenoxy) is 2. The van der Waals surface area contributed by atoms with Crippen LogP contribution in [-0.4, -0.2) is 90.7 Å². The van der Waals surface area contributed by atoms with Crippen molar-refractivity contribution in [1.82, 2.24) is 31.6 Å². The minimum atomic E-state index is -1.02. The van der Waals surface area contributed by atoms with Crippen LogP contribution in [0.4, 0.5) is 15.3 Å². The summed E-state index contributed by atoms with van der Waals surface area (Å²) >= 11 is 3.45. The molecule has 4 aromatic carbocycles. The van der Waals surface area contributed by atoms with Crippen LogP contribution in [0.2, 0.25) is 0 Å². The highest BCUT2D eigenvalue weighted by molar-refractivity contribution is 9.10. The average Bonchev–Trinajstić information content (AvgIpc) is 3.62. The van der Waals surface area contributed by atoms with Gasteiger partial charge in [0.25, 0.3) is 11.8 Å². The Hall–Kier alpha value is -6.42. The summed E-state index contributed by atoms with van der Waals surface area (Å²) in [5, 5.41) is 20.2. The Bertz CT molecular complexity index is 2420. The second-order valence-corrected chi connectivity index (χ2v) is 17.4. The molecule has 7 N–H and O–H groups in total. The van der Waals surface area contributed by atoms with E-state index in [2.05, 4.69) is 57.8 Å². The molecule has 0 saturated heterocycles. The fourth-order valence-corrected chi connectivity index (χ4v) is 6.66. The fourth-order valence-electron chi connectivity index (χ4n) is 6.30. The minimum Gasteiger partial charge on any atom is -0.444 e. The summed E-state index contributed by atoms with van der Waals surface area (Å²) in [5.74, 6) is -0.868. The molecule has 0 bridgehead atoms. The molecular weight excluding hydrogens is 856 g/mol. The van der Waals surface area contributed by atoms with Crippen LogP contribution in [0, 0.1) is 0 Å². The average molecular weight is 912 g/mol. The first-order valence-electron chi connectivity index (χ1n) is 20.4. The Morgan fingerprint density at radius 2 is 1.37 bits per heavy atom. The monoisotopic (exact) mass is 910 g/mol. The number of carbonyl (C=O) groups excluding carboxylic acids is 5. The van der Waals surface area contributed by atoms with Crippen molar-refractivity contribution in [3.05, 3.63) is 112 Å². The molecule has 5 amide bonds. The number of fused-ring (bicyclic) bond motifs is 2. The molecule has 0 radical (unpaired) electrons. The van der Waals surface area contributed by atoms with Gasteiger partial charge < -0.3 is 46.4 Å². The largest absolute Gasteiger partial charge is 0.444 e. The van der Waals surface area contributed by atoms with Crippen LogP contribution >= 0.6 is 15.9 Å². The molecule has 1 atom stereocenters. The molecular formula is C46H55BrN8O7. The van der Waals surface area contributed by atoms with Crippen LogP contribution in [0.25, 0.3) is 21.7 Å². The number of aromatic nitrogens is 1. The van der Waals surface area contributed by atoms with Crippen molar-refractivity contribution in [2.75, 3.05) is 38.0 Å². The highest BCUT2D eigenvalue weighted by Gasteiger charge is 2.25. The van der Waals surface area contributed by atoms with E-state index >= 15 is 0 Å². The second-order valence-electron chi connectivity index (χ2n) is 16.4. The van der Waals surface area contributed by atoms with Gasteiger partial charge in [0.15, 0.2) is 0 Å². The Balaban J connectivity index is 1.27. The lowest BCUT2D eigenvalue weighted by atomic mass is 10.0. The lowest BCUT2D eigenvalue weighted by Gasteiger charge is -2.21. The Morgan fingerprint density at radius 1 is 0.710 bits per heavy atom. The van der Waals surface area contributed by atoms with E-state index in [0.29, 0.717) is 22.3 Å². The van der Waals surface area contributed by atoms with Crippen LogP contribution < -0.4 is 31.9 Å². The Kier molecular flexibility index (Phi) is 16.1. The quantitative estimate of drug-likeness (QED) is 0.0305. The van der Waals surface area contributed by atoms with E-state index in [0.717, 1.165) is 27.2 Å². The number of amides is 5. The number of benzene rings is 4. The van der Waals surface area contributed by atoms with Crippen LogP contribution in [0.1, 0.15) is 74.2 Å². The van der Waals surface area contributed by atoms with E-state index in [9.17, 15) is 24.0 Å². The molecule has 0 aliphatic heterocycles. The summed E-state index contributed by atoms with van der Waals surface area (Å²) in [6.45, 7) is 11.7. The normalized spacial score (nSPS) is 12.3. The zero-order valence-electron chi connectivity index (χ0n) is 35.9. The number of H-pyrrole nitrogens is 1. The number of anilines is 1. The predicted molar refractivity (Wildman–Crippen MR) is 246 cm³/mol. The first kappa shape index (κ1) is 46.6. The number of amidine groups is 1.